The number of hydrogen-bond donors (Lipinski definition) is 1. The lowest BCUT2D eigenvalue weighted by Crippen LogP contribution is -2.17. The van der Waals surface area contributed by atoms with Gasteiger partial charge in [0, 0.05) is 6.42 Å². The molecule has 0 saturated carbocycles. The molecule has 1 aromatic rings. The van der Waals surface area contributed by atoms with Gasteiger partial charge >= 0.3 is 12.5 Å². The van der Waals surface area contributed by atoms with E-state index in [0.29, 0.717) is 0 Å². The molecule has 0 fully saturated rings. The van der Waals surface area contributed by atoms with Crippen LogP contribution in [0.25, 0.3) is 0 Å². The van der Waals surface area contributed by atoms with Crippen molar-refractivity contribution in [2.45, 2.75) is 37.9 Å². The maximum absolute atomic E-state index is 12.0. The predicted octanol–water partition coefficient (Wildman–Crippen LogP) is 4.35. The van der Waals surface area contributed by atoms with Gasteiger partial charge in [0.2, 0.25) is 0 Å². The molecule has 0 amide bonds. The molecule has 114 valence electrons. The normalized spacial score (nSPS) is 14.2. The minimum atomic E-state index is -4.86. The van der Waals surface area contributed by atoms with Crippen molar-refractivity contribution in [2.24, 2.45) is 0 Å². The molecule has 0 aliphatic rings. The molecule has 0 bridgehead atoms. The fourth-order valence-corrected chi connectivity index (χ4v) is 1.58. The van der Waals surface area contributed by atoms with Crippen LogP contribution in [-0.4, -0.2) is 17.6 Å². The van der Waals surface area contributed by atoms with E-state index in [2.05, 4.69) is 4.74 Å². The fraction of sp³-hybridized carbons (Fsp3) is 0.500. The standard InChI is InChI=1S/C12H12F6O2/c13-11(14,15)6-2-5-10(19)8-3-1-4-9(7-8)20-12(16,17)18/h1,3-4,7,10,19H,2,5-6H2. The van der Waals surface area contributed by atoms with Crippen LogP contribution >= 0.6 is 0 Å². The molecule has 0 spiro atoms. The Morgan fingerprint density at radius 3 is 2.30 bits per heavy atom. The third kappa shape index (κ3) is 6.65. The zero-order valence-electron chi connectivity index (χ0n) is 10.1. The van der Waals surface area contributed by atoms with E-state index in [-0.39, 0.29) is 18.4 Å². The first kappa shape index (κ1) is 16.6. The Morgan fingerprint density at radius 1 is 1.10 bits per heavy atom. The molecular formula is C12H12F6O2. The Kier molecular flexibility index (Phi) is 5.27. The first-order valence-corrected chi connectivity index (χ1v) is 5.67. The summed E-state index contributed by atoms with van der Waals surface area (Å²) in [6.45, 7) is 0. The van der Waals surface area contributed by atoms with Crippen LogP contribution in [-0.2, 0) is 0 Å². The lowest BCUT2D eigenvalue weighted by atomic mass is 10.0. The SMILES string of the molecule is OC(CCCC(F)(F)F)c1cccc(OC(F)(F)F)c1. The quantitative estimate of drug-likeness (QED) is 0.819. The Labute approximate surface area is 111 Å². The molecule has 1 aromatic carbocycles. The average Bonchev–Trinajstić information content (AvgIpc) is 2.25. The van der Waals surface area contributed by atoms with Gasteiger partial charge in [-0.05, 0) is 30.5 Å². The molecule has 1 atom stereocenters. The van der Waals surface area contributed by atoms with Crippen LogP contribution in [0.15, 0.2) is 24.3 Å². The number of halogens is 6. The Bertz CT molecular complexity index is 427. The topological polar surface area (TPSA) is 29.5 Å². The molecule has 1 N–H and O–H groups in total. The molecule has 20 heavy (non-hydrogen) atoms. The molecule has 8 heteroatoms. The molecule has 1 unspecified atom stereocenters. The second-order valence-electron chi connectivity index (χ2n) is 4.14. The Morgan fingerprint density at radius 2 is 1.75 bits per heavy atom. The second kappa shape index (κ2) is 6.34. The summed E-state index contributed by atoms with van der Waals surface area (Å²) in [7, 11) is 0. The van der Waals surface area contributed by atoms with Crippen LogP contribution in [0.1, 0.15) is 30.9 Å². The molecule has 0 aliphatic carbocycles. The molecule has 0 aromatic heterocycles. The minimum absolute atomic E-state index is 0.0777. The molecule has 0 aliphatic heterocycles. The molecule has 1 rings (SSSR count). The summed E-state index contributed by atoms with van der Waals surface area (Å²) >= 11 is 0. The van der Waals surface area contributed by atoms with E-state index < -0.39 is 30.8 Å². The van der Waals surface area contributed by atoms with Crippen LogP contribution in [0.2, 0.25) is 0 Å². The van der Waals surface area contributed by atoms with E-state index in [1.165, 1.54) is 12.1 Å². The van der Waals surface area contributed by atoms with Crippen LogP contribution in [0.5, 0.6) is 5.75 Å². The van der Waals surface area contributed by atoms with Crippen molar-refractivity contribution < 1.29 is 36.2 Å². The highest BCUT2D eigenvalue weighted by atomic mass is 19.4. The van der Waals surface area contributed by atoms with E-state index >= 15 is 0 Å². The molecule has 0 heterocycles. The van der Waals surface area contributed by atoms with Crippen LogP contribution in [0, 0.1) is 0 Å². The highest BCUT2D eigenvalue weighted by Gasteiger charge is 2.31. The van der Waals surface area contributed by atoms with Gasteiger partial charge in [-0.15, -0.1) is 13.2 Å². The average molecular weight is 302 g/mol. The number of benzene rings is 1. The summed E-state index contributed by atoms with van der Waals surface area (Å²) in [6, 6.07) is 4.54. The monoisotopic (exact) mass is 302 g/mol. The Hall–Kier alpha value is -1.44. The lowest BCUT2D eigenvalue weighted by Gasteiger charge is -2.14. The maximum Gasteiger partial charge on any atom is 0.573 e. The third-order valence-electron chi connectivity index (χ3n) is 2.41. The second-order valence-corrected chi connectivity index (χ2v) is 4.14. The van der Waals surface area contributed by atoms with Gasteiger partial charge in [-0.2, -0.15) is 13.2 Å². The van der Waals surface area contributed by atoms with Gasteiger partial charge in [0.25, 0.3) is 0 Å². The van der Waals surface area contributed by atoms with E-state index in [4.69, 9.17) is 0 Å². The molecule has 0 saturated heterocycles. The molecule has 2 nitrogen and oxygen atoms in total. The van der Waals surface area contributed by atoms with Crippen molar-refractivity contribution >= 4 is 0 Å². The van der Waals surface area contributed by atoms with Crippen LogP contribution in [0.3, 0.4) is 0 Å². The van der Waals surface area contributed by atoms with Gasteiger partial charge in [0.1, 0.15) is 5.75 Å². The minimum Gasteiger partial charge on any atom is -0.406 e. The number of alkyl halides is 6. The third-order valence-corrected chi connectivity index (χ3v) is 2.41. The molecule has 0 radical (unpaired) electrons. The number of rotatable bonds is 5. The van der Waals surface area contributed by atoms with Gasteiger partial charge in [0.05, 0.1) is 6.10 Å². The number of ether oxygens (including phenoxy) is 1. The van der Waals surface area contributed by atoms with Gasteiger partial charge in [-0.3, -0.25) is 0 Å². The zero-order chi connectivity index (χ0) is 15.4. The summed E-state index contributed by atoms with van der Waals surface area (Å²) in [6.07, 6.45) is -12.0. The van der Waals surface area contributed by atoms with Crippen molar-refractivity contribution in [2.75, 3.05) is 0 Å². The first-order valence-electron chi connectivity index (χ1n) is 5.67. The summed E-state index contributed by atoms with van der Waals surface area (Å²) in [5.74, 6) is -0.523. The van der Waals surface area contributed by atoms with Crippen molar-refractivity contribution in [1.82, 2.24) is 0 Å². The fourth-order valence-electron chi connectivity index (χ4n) is 1.58. The molecular weight excluding hydrogens is 290 g/mol. The van der Waals surface area contributed by atoms with Crippen LogP contribution in [0.4, 0.5) is 26.3 Å². The largest absolute Gasteiger partial charge is 0.573 e. The van der Waals surface area contributed by atoms with E-state index in [1.54, 1.807) is 0 Å². The summed E-state index contributed by atoms with van der Waals surface area (Å²) in [4.78, 5) is 0. The van der Waals surface area contributed by atoms with Crippen molar-refractivity contribution in [1.29, 1.82) is 0 Å². The van der Waals surface area contributed by atoms with E-state index in [1.807, 2.05) is 0 Å². The van der Waals surface area contributed by atoms with Gasteiger partial charge in [-0.1, -0.05) is 12.1 Å². The van der Waals surface area contributed by atoms with Crippen molar-refractivity contribution in [3.05, 3.63) is 29.8 Å². The number of aliphatic hydroxyl groups excluding tert-OH is 1. The summed E-state index contributed by atoms with van der Waals surface area (Å²) in [5.41, 5.74) is 0.0777. The smallest absolute Gasteiger partial charge is 0.406 e. The van der Waals surface area contributed by atoms with Crippen molar-refractivity contribution in [3.8, 4) is 5.75 Å². The highest BCUT2D eigenvalue weighted by Crippen LogP contribution is 2.29. The zero-order valence-corrected chi connectivity index (χ0v) is 10.1. The van der Waals surface area contributed by atoms with Crippen LogP contribution < -0.4 is 4.74 Å². The van der Waals surface area contributed by atoms with E-state index in [0.717, 1.165) is 12.1 Å². The summed E-state index contributed by atoms with van der Waals surface area (Å²) in [5, 5.41) is 9.64. The number of hydrogen-bond acceptors (Lipinski definition) is 2. The highest BCUT2D eigenvalue weighted by molar-refractivity contribution is 5.30. The number of aliphatic hydroxyl groups is 1. The van der Waals surface area contributed by atoms with Gasteiger partial charge < -0.3 is 9.84 Å². The summed E-state index contributed by atoms with van der Waals surface area (Å²) < 4.78 is 75.5. The predicted molar refractivity (Wildman–Crippen MR) is 58.0 cm³/mol. The lowest BCUT2D eigenvalue weighted by molar-refractivity contribution is -0.274. The van der Waals surface area contributed by atoms with Crippen molar-refractivity contribution in [3.63, 3.8) is 0 Å². The van der Waals surface area contributed by atoms with E-state index in [9.17, 15) is 31.4 Å². The van der Waals surface area contributed by atoms with Gasteiger partial charge in [-0.25, -0.2) is 0 Å². The van der Waals surface area contributed by atoms with Gasteiger partial charge in [0.15, 0.2) is 0 Å². The first-order chi connectivity index (χ1) is 9.07. The Balaban J connectivity index is 2.60. The maximum atomic E-state index is 12.0.